The van der Waals surface area contributed by atoms with Crippen LogP contribution in [0.4, 0.5) is 0 Å². The van der Waals surface area contributed by atoms with Crippen molar-refractivity contribution in [3.8, 4) is 0 Å². The van der Waals surface area contributed by atoms with E-state index in [2.05, 4.69) is 123 Å². The highest BCUT2D eigenvalue weighted by Gasteiger charge is 2.20. The molecule has 0 aromatic carbocycles. The van der Waals surface area contributed by atoms with Crippen LogP contribution in [0.15, 0.2) is 109 Å². The Morgan fingerprint density at radius 2 is 0.797 bits per heavy atom. The van der Waals surface area contributed by atoms with Crippen LogP contribution in [0.2, 0.25) is 0 Å². The Kier molecular flexibility index (Phi) is 49.4. The number of hydrogen-bond acceptors (Lipinski definition) is 7. The van der Waals surface area contributed by atoms with Gasteiger partial charge >= 0.3 is 5.97 Å². The lowest BCUT2D eigenvalue weighted by Gasteiger charge is -2.28. The fraction of sp³-hybridized carbons (Fsp3) is 0.683. The predicted octanol–water partition coefficient (Wildman–Crippen LogP) is 16.9. The zero-order chi connectivity index (χ0) is 50.5. The smallest absolute Gasteiger partial charge is 0.306 e. The molecule has 0 bridgehead atoms. The number of quaternary nitrogens is 1. The molecule has 0 spiro atoms. The van der Waals surface area contributed by atoms with Crippen molar-refractivity contribution < 1.29 is 37.3 Å². The molecule has 0 N–H and O–H groups in total. The van der Waals surface area contributed by atoms with E-state index in [1.807, 2.05) is 21.1 Å². The zero-order valence-electron chi connectivity index (χ0n) is 45.0. The van der Waals surface area contributed by atoms with Gasteiger partial charge in [-0.25, -0.2) is 0 Å². The van der Waals surface area contributed by atoms with Gasteiger partial charge in [0.05, 0.1) is 34.4 Å². The number of carbonyl (C=O) groups is 1. The highest BCUT2D eigenvalue weighted by Crippen LogP contribution is 2.38. The average Bonchev–Trinajstić information content (AvgIpc) is 3.31. The van der Waals surface area contributed by atoms with Crippen molar-refractivity contribution in [3.05, 3.63) is 109 Å². The summed E-state index contributed by atoms with van der Waals surface area (Å²) in [5.41, 5.74) is 0. The van der Waals surface area contributed by atoms with Gasteiger partial charge in [0.1, 0.15) is 19.3 Å². The quantitative estimate of drug-likeness (QED) is 0.0197. The molecule has 0 aliphatic rings. The summed E-state index contributed by atoms with van der Waals surface area (Å²) in [4.78, 5) is 25.3. The summed E-state index contributed by atoms with van der Waals surface area (Å²) < 4.78 is 34.8. The molecule has 0 radical (unpaired) electrons. The third kappa shape index (κ3) is 56.0. The molecule has 8 nitrogen and oxygen atoms in total. The van der Waals surface area contributed by atoms with E-state index in [4.69, 9.17) is 18.5 Å². The lowest BCUT2D eigenvalue weighted by atomic mass is 10.0. The average molecular weight is 982 g/mol. The molecule has 0 heterocycles. The number of phosphoric ester groups is 1. The molecule has 0 aromatic heterocycles. The standard InChI is InChI=1S/C60H104NO7P/c1-6-8-10-12-14-16-18-20-22-24-26-28-30-31-32-33-35-37-39-41-43-45-47-49-51-53-60(62)68-59(58-67-69(63,64)66-56-54-61(3,4)5)57-65-55-52-50-48-46-44-42-40-38-36-34-29-27-25-23-21-19-17-15-13-11-9-7-2/h8-11,14-17,20-23,26-29,36,38,59H,6-7,12-13,18-19,24-25,30-35,37,39-58H2,1-5H3/b10-8-,11-9-,16-14-,17-15-,22-20-,23-21-,28-26-,29-27-,38-36-. The summed E-state index contributed by atoms with van der Waals surface area (Å²) in [6, 6.07) is 0. The molecule has 0 rings (SSSR count). The number of ether oxygens (including phenoxy) is 2. The summed E-state index contributed by atoms with van der Waals surface area (Å²) in [5, 5.41) is 0. The van der Waals surface area contributed by atoms with E-state index in [0.717, 1.165) is 103 Å². The number of nitrogens with zero attached hydrogens (tertiary/aromatic N) is 1. The lowest BCUT2D eigenvalue weighted by molar-refractivity contribution is -0.870. The minimum atomic E-state index is -4.55. The Morgan fingerprint density at radius 3 is 1.19 bits per heavy atom. The van der Waals surface area contributed by atoms with Gasteiger partial charge in [0.25, 0.3) is 7.82 Å². The lowest BCUT2D eigenvalue weighted by Crippen LogP contribution is -2.37. The van der Waals surface area contributed by atoms with Crippen molar-refractivity contribution in [2.75, 3.05) is 54.1 Å². The minimum Gasteiger partial charge on any atom is -0.756 e. The molecule has 69 heavy (non-hydrogen) atoms. The number of carbonyl (C=O) groups excluding carboxylic acids is 1. The van der Waals surface area contributed by atoms with Gasteiger partial charge in [-0.1, -0.05) is 213 Å². The molecule has 0 aliphatic carbocycles. The first-order valence-corrected chi connectivity index (χ1v) is 29.1. The first kappa shape index (κ1) is 66.2. The van der Waals surface area contributed by atoms with Gasteiger partial charge < -0.3 is 27.9 Å². The van der Waals surface area contributed by atoms with Crippen LogP contribution in [0, 0.1) is 0 Å². The maximum absolute atomic E-state index is 12.8. The van der Waals surface area contributed by atoms with Gasteiger partial charge in [0.2, 0.25) is 0 Å². The van der Waals surface area contributed by atoms with Gasteiger partial charge in [-0.2, -0.15) is 0 Å². The SMILES string of the molecule is CC/C=C\C/C=C\C/C=C\C/C=C\C/C=C\CCCCCCCCOCC(COP(=O)([O-])OCC[N+](C)(C)C)OC(=O)CCCCCCCCCCCCCC/C=C\C/C=C\C/C=C\C/C=C\CC. The van der Waals surface area contributed by atoms with Gasteiger partial charge in [0, 0.05) is 13.0 Å². The van der Waals surface area contributed by atoms with E-state index < -0.39 is 13.9 Å². The largest absolute Gasteiger partial charge is 0.756 e. The number of unbranched alkanes of at least 4 members (excludes halogenated alkanes) is 18. The molecule has 2 atom stereocenters. The summed E-state index contributed by atoms with van der Waals surface area (Å²) in [7, 11) is 1.33. The second kappa shape index (κ2) is 51.5. The van der Waals surface area contributed by atoms with Crippen molar-refractivity contribution >= 4 is 13.8 Å². The summed E-state index contributed by atoms with van der Waals surface area (Å²) >= 11 is 0. The van der Waals surface area contributed by atoms with E-state index in [-0.39, 0.29) is 25.8 Å². The Labute approximate surface area is 425 Å². The zero-order valence-corrected chi connectivity index (χ0v) is 45.9. The first-order valence-electron chi connectivity index (χ1n) is 27.6. The number of allylic oxidation sites excluding steroid dienone is 18. The van der Waals surface area contributed by atoms with E-state index in [1.54, 1.807) is 0 Å². The normalized spacial score (nSPS) is 14.3. The number of phosphoric acid groups is 1. The van der Waals surface area contributed by atoms with Crippen molar-refractivity contribution in [1.82, 2.24) is 0 Å². The molecule has 0 aromatic rings. The monoisotopic (exact) mass is 982 g/mol. The third-order valence-corrected chi connectivity index (χ3v) is 12.3. The van der Waals surface area contributed by atoms with E-state index in [9.17, 15) is 14.3 Å². The summed E-state index contributed by atoms with van der Waals surface area (Å²) in [6.07, 6.45) is 72.6. The Morgan fingerprint density at radius 1 is 0.449 bits per heavy atom. The van der Waals surface area contributed by atoms with Crippen LogP contribution in [0.25, 0.3) is 0 Å². The molecule has 2 unspecified atom stereocenters. The second-order valence-electron chi connectivity index (χ2n) is 19.2. The van der Waals surface area contributed by atoms with Crippen molar-refractivity contribution in [1.29, 1.82) is 0 Å². The van der Waals surface area contributed by atoms with Crippen LogP contribution in [0.3, 0.4) is 0 Å². The molecule has 0 saturated carbocycles. The highest BCUT2D eigenvalue weighted by atomic mass is 31.2. The number of hydrogen-bond donors (Lipinski definition) is 0. The van der Waals surface area contributed by atoms with Crippen molar-refractivity contribution in [3.63, 3.8) is 0 Å². The van der Waals surface area contributed by atoms with Gasteiger partial charge in [-0.05, 0) is 96.3 Å². The number of likely N-dealkylation sites (N-methyl/N-ethyl adjacent to an activating group) is 1. The Bertz CT molecular complexity index is 1470. The van der Waals surface area contributed by atoms with Gasteiger partial charge in [-0.15, -0.1) is 0 Å². The molecule has 0 amide bonds. The molecular weight excluding hydrogens is 878 g/mol. The van der Waals surface area contributed by atoms with E-state index in [1.165, 1.54) is 83.5 Å². The predicted molar refractivity (Wildman–Crippen MR) is 295 cm³/mol. The van der Waals surface area contributed by atoms with Crippen LogP contribution in [-0.2, 0) is 27.9 Å². The molecule has 9 heteroatoms. The Hall–Kier alpha value is -2.84. The third-order valence-electron chi connectivity index (χ3n) is 11.3. The van der Waals surface area contributed by atoms with E-state index in [0.29, 0.717) is 24.1 Å². The summed E-state index contributed by atoms with van der Waals surface area (Å²) in [6.45, 7) is 5.14. The van der Waals surface area contributed by atoms with Gasteiger partial charge in [0.15, 0.2) is 0 Å². The van der Waals surface area contributed by atoms with Crippen LogP contribution >= 0.6 is 7.82 Å². The second-order valence-corrected chi connectivity index (χ2v) is 20.6. The first-order chi connectivity index (χ1) is 33.6. The fourth-order valence-corrected chi connectivity index (χ4v) is 7.88. The van der Waals surface area contributed by atoms with Crippen LogP contribution in [0.1, 0.15) is 206 Å². The van der Waals surface area contributed by atoms with E-state index >= 15 is 0 Å². The van der Waals surface area contributed by atoms with Crippen LogP contribution < -0.4 is 4.89 Å². The maximum Gasteiger partial charge on any atom is 0.306 e. The van der Waals surface area contributed by atoms with Crippen LogP contribution in [0.5, 0.6) is 0 Å². The van der Waals surface area contributed by atoms with Crippen molar-refractivity contribution in [2.24, 2.45) is 0 Å². The Balaban J connectivity index is 4.16. The molecule has 0 saturated heterocycles. The molecular formula is C60H104NO7P. The maximum atomic E-state index is 12.8. The number of rotatable bonds is 50. The molecule has 0 fully saturated rings. The highest BCUT2D eigenvalue weighted by molar-refractivity contribution is 7.45. The topological polar surface area (TPSA) is 94.1 Å². The van der Waals surface area contributed by atoms with Crippen molar-refractivity contribution in [2.45, 2.75) is 213 Å². The number of esters is 1. The molecule has 396 valence electrons. The fourth-order valence-electron chi connectivity index (χ4n) is 7.15. The minimum absolute atomic E-state index is 0.0167. The van der Waals surface area contributed by atoms with Gasteiger partial charge in [-0.3, -0.25) is 9.36 Å². The molecule has 0 aliphatic heterocycles. The summed E-state index contributed by atoms with van der Waals surface area (Å²) in [5.74, 6) is -0.345. The van der Waals surface area contributed by atoms with Crippen LogP contribution in [-0.4, -0.2) is 70.7 Å².